The van der Waals surface area contributed by atoms with Gasteiger partial charge in [-0.05, 0) is 18.6 Å². The lowest BCUT2D eigenvalue weighted by Gasteiger charge is -2.17. The van der Waals surface area contributed by atoms with Crippen LogP contribution in [-0.2, 0) is 10.0 Å². The van der Waals surface area contributed by atoms with Crippen molar-refractivity contribution in [1.29, 1.82) is 5.26 Å². The zero-order valence-corrected chi connectivity index (χ0v) is 12.1. The molecule has 110 valence electrons. The molecule has 5 nitrogen and oxygen atoms in total. The van der Waals surface area contributed by atoms with E-state index in [4.69, 9.17) is 11.0 Å². The zero-order chi connectivity index (χ0) is 15.2. The van der Waals surface area contributed by atoms with E-state index in [1.807, 2.05) is 6.92 Å². The van der Waals surface area contributed by atoms with Crippen LogP contribution in [-0.4, -0.2) is 21.0 Å². The van der Waals surface area contributed by atoms with Gasteiger partial charge in [-0.2, -0.15) is 5.26 Å². The van der Waals surface area contributed by atoms with Crippen molar-refractivity contribution in [1.82, 2.24) is 4.72 Å². The predicted molar refractivity (Wildman–Crippen MR) is 73.8 cm³/mol. The van der Waals surface area contributed by atoms with Crippen molar-refractivity contribution in [3.63, 3.8) is 0 Å². The van der Waals surface area contributed by atoms with E-state index >= 15 is 0 Å². The highest BCUT2D eigenvalue weighted by atomic mass is 32.2. The summed E-state index contributed by atoms with van der Waals surface area (Å²) >= 11 is 0. The van der Waals surface area contributed by atoms with Crippen LogP contribution in [0.1, 0.15) is 31.7 Å². The molecule has 0 bridgehead atoms. The normalized spacial score (nSPS) is 12.9. The first-order valence-corrected chi connectivity index (χ1v) is 7.85. The summed E-state index contributed by atoms with van der Waals surface area (Å²) in [7, 11) is -3.96. The van der Waals surface area contributed by atoms with E-state index < -0.39 is 27.4 Å². The minimum absolute atomic E-state index is 0.149. The van der Waals surface area contributed by atoms with Crippen LogP contribution in [0.25, 0.3) is 0 Å². The van der Waals surface area contributed by atoms with E-state index in [-0.39, 0.29) is 11.4 Å². The highest BCUT2D eigenvalue weighted by Gasteiger charge is 2.23. The van der Waals surface area contributed by atoms with Gasteiger partial charge >= 0.3 is 0 Å². The third-order valence-corrected chi connectivity index (χ3v) is 4.45. The summed E-state index contributed by atoms with van der Waals surface area (Å²) in [5.41, 5.74) is 5.05. The van der Waals surface area contributed by atoms with Crippen LogP contribution >= 0.6 is 0 Å². The number of rotatable bonds is 7. The molecular weight excluding hydrogens is 281 g/mol. The third kappa shape index (κ3) is 4.00. The lowest BCUT2D eigenvalue weighted by molar-refractivity contribution is 0.515. The van der Waals surface area contributed by atoms with E-state index in [1.165, 1.54) is 12.1 Å². The van der Waals surface area contributed by atoms with Crippen LogP contribution in [0.4, 0.5) is 4.39 Å². The van der Waals surface area contributed by atoms with Gasteiger partial charge in [0.05, 0.1) is 0 Å². The first-order valence-electron chi connectivity index (χ1n) is 6.37. The molecule has 0 saturated carbocycles. The second-order valence-electron chi connectivity index (χ2n) is 4.42. The van der Waals surface area contributed by atoms with Crippen LogP contribution < -0.4 is 10.5 Å². The monoisotopic (exact) mass is 299 g/mol. The molecule has 0 saturated heterocycles. The molecule has 3 N–H and O–H groups in total. The largest absolute Gasteiger partial charge is 0.329 e. The molecule has 1 aromatic carbocycles. The number of sulfonamides is 1. The molecule has 7 heteroatoms. The van der Waals surface area contributed by atoms with Gasteiger partial charge in [-0.25, -0.2) is 17.5 Å². The van der Waals surface area contributed by atoms with E-state index in [0.717, 1.165) is 18.9 Å². The number of hydrogen-bond donors (Lipinski definition) is 2. The Balaban J connectivity index is 3.06. The highest BCUT2D eigenvalue weighted by molar-refractivity contribution is 7.89. The third-order valence-electron chi connectivity index (χ3n) is 2.89. The van der Waals surface area contributed by atoms with Crippen molar-refractivity contribution >= 4 is 10.0 Å². The van der Waals surface area contributed by atoms with Gasteiger partial charge in [0.25, 0.3) is 0 Å². The van der Waals surface area contributed by atoms with Crippen LogP contribution in [0, 0.1) is 17.1 Å². The lowest BCUT2D eigenvalue weighted by atomic mass is 10.1. The number of halogens is 1. The van der Waals surface area contributed by atoms with Crippen molar-refractivity contribution in [2.24, 2.45) is 5.73 Å². The summed E-state index contributed by atoms with van der Waals surface area (Å²) in [6.07, 6.45) is 2.35. The fraction of sp³-hybridized carbons (Fsp3) is 0.462. The zero-order valence-electron chi connectivity index (χ0n) is 11.3. The second-order valence-corrected chi connectivity index (χ2v) is 6.10. The summed E-state index contributed by atoms with van der Waals surface area (Å²) in [5, 5.41) is 8.89. The predicted octanol–water partition coefficient (Wildman–Crippen LogP) is 1.49. The molecule has 0 aliphatic rings. The molecule has 0 fully saturated rings. The lowest BCUT2D eigenvalue weighted by Crippen LogP contribution is -2.40. The molecule has 0 radical (unpaired) electrons. The van der Waals surface area contributed by atoms with Gasteiger partial charge in [0, 0.05) is 12.6 Å². The Bertz CT molecular complexity index is 596. The number of benzene rings is 1. The summed E-state index contributed by atoms with van der Waals surface area (Å²) in [5.74, 6) is -0.853. The van der Waals surface area contributed by atoms with E-state index in [2.05, 4.69) is 4.72 Å². The SMILES string of the molecule is CCCCC(CN)NS(=O)(=O)c1cccc(F)c1C#N. The Hall–Kier alpha value is -1.49. The molecule has 0 aromatic heterocycles. The van der Waals surface area contributed by atoms with E-state index in [1.54, 1.807) is 6.07 Å². The maximum absolute atomic E-state index is 13.5. The van der Waals surface area contributed by atoms with Gasteiger partial charge < -0.3 is 5.73 Å². The van der Waals surface area contributed by atoms with Gasteiger partial charge in [0.15, 0.2) is 0 Å². The summed E-state index contributed by atoms with van der Waals surface area (Å²) in [6.45, 7) is 2.14. The minimum Gasteiger partial charge on any atom is -0.329 e. The molecule has 0 heterocycles. The second kappa shape index (κ2) is 7.33. The Morgan fingerprint density at radius 2 is 2.20 bits per heavy atom. The van der Waals surface area contributed by atoms with Crippen molar-refractivity contribution in [3.05, 3.63) is 29.6 Å². The topological polar surface area (TPSA) is 96.0 Å². The summed E-state index contributed by atoms with van der Waals surface area (Å²) in [6, 6.07) is 4.67. The van der Waals surface area contributed by atoms with Crippen molar-refractivity contribution in [3.8, 4) is 6.07 Å². The molecule has 1 aromatic rings. The molecule has 0 spiro atoms. The molecule has 0 aliphatic carbocycles. The first kappa shape index (κ1) is 16.6. The number of nitriles is 1. The van der Waals surface area contributed by atoms with Crippen molar-refractivity contribution < 1.29 is 12.8 Å². The van der Waals surface area contributed by atoms with Gasteiger partial charge in [-0.15, -0.1) is 0 Å². The minimum atomic E-state index is -3.96. The van der Waals surface area contributed by atoms with Crippen LogP contribution in [0.15, 0.2) is 23.1 Å². The molecule has 20 heavy (non-hydrogen) atoms. The number of unbranched alkanes of at least 4 members (excludes halogenated alkanes) is 1. The Kier molecular flexibility index (Phi) is 6.07. The van der Waals surface area contributed by atoms with Crippen molar-refractivity contribution in [2.45, 2.75) is 37.1 Å². The Morgan fingerprint density at radius 1 is 1.50 bits per heavy atom. The van der Waals surface area contributed by atoms with Crippen molar-refractivity contribution in [2.75, 3.05) is 6.54 Å². The van der Waals surface area contributed by atoms with Crippen LogP contribution in [0.2, 0.25) is 0 Å². The quantitative estimate of drug-likeness (QED) is 0.797. The number of nitrogens with one attached hydrogen (secondary N) is 1. The highest BCUT2D eigenvalue weighted by Crippen LogP contribution is 2.18. The van der Waals surface area contributed by atoms with Gasteiger partial charge in [0.1, 0.15) is 22.3 Å². The first-order chi connectivity index (χ1) is 9.46. The standard InChI is InChI=1S/C13H18FN3O2S/c1-2-3-5-10(8-15)17-20(18,19)13-7-4-6-12(14)11(13)9-16/h4,6-7,10,17H,2-3,5,8,15H2,1H3. The molecular formula is C13H18FN3O2S. The van der Waals surface area contributed by atoms with Crippen LogP contribution in [0.3, 0.4) is 0 Å². The van der Waals surface area contributed by atoms with E-state index in [0.29, 0.717) is 6.42 Å². The van der Waals surface area contributed by atoms with Gasteiger partial charge in [0.2, 0.25) is 10.0 Å². The number of hydrogen-bond acceptors (Lipinski definition) is 4. The van der Waals surface area contributed by atoms with Gasteiger partial charge in [-0.3, -0.25) is 0 Å². The molecule has 1 atom stereocenters. The maximum Gasteiger partial charge on any atom is 0.242 e. The number of nitrogens with two attached hydrogens (primary N) is 1. The van der Waals surface area contributed by atoms with Gasteiger partial charge in [-0.1, -0.05) is 25.8 Å². The molecule has 0 aliphatic heterocycles. The Morgan fingerprint density at radius 3 is 2.75 bits per heavy atom. The fourth-order valence-corrected chi connectivity index (χ4v) is 3.24. The van der Waals surface area contributed by atoms with Crippen LogP contribution in [0.5, 0.6) is 0 Å². The Labute approximate surface area is 118 Å². The number of nitrogens with zero attached hydrogens (tertiary/aromatic N) is 1. The molecule has 1 rings (SSSR count). The average molecular weight is 299 g/mol. The van der Waals surface area contributed by atoms with E-state index in [9.17, 15) is 12.8 Å². The average Bonchev–Trinajstić information content (AvgIpc) is 2.43. The smallest absolute Gasteiger partial charge is 0.242 e. The molecule has 1 unspecified atom stereocenters. The maximum atomic E-state index is 13.5. The summed E-state index contributed by atoms with van der Waals surface area (Å²) < 4.78 is 40.3. The molecule has 0 amide bonds. The summed E-state index contributed by atoms with van der Waals surface area (Å²) in [4.78, 5) is -0.352. The fourth-order valence-electron chi connectivity index (χ4n) is 1.80.